The van der Waals surface area contributed by atoms with Gasteiger partial charge in [-0.1, -0.05) is 75.6 Å². The molecule has 3 rings (SSSR count). The zero-order chi connectivity index (χ0) is 11.1. The van der Waals surface area contributed by atoms with Crippen molar-refractivity contribution >= 4 is 6.71 Å². The van der Waals surface area contributed by atoms with Gasteiger partial charge in [0.25, 0.3) is 0 Å². The van der Waals surface area contributed by atoms with Gasteiger partial charge in [0.2, 0.25) is 0 Å². The molecule has 0 nitrogen and oxygen atoms in total. The van der Waals surface area contributed by atoms with Gasteiger partial charge in [-0.15, -0.1) is 0 Å². The summed E-state index contributed by atoms with van der Waals surface area (Å²) in [7, 11) is 0. The van der Waals surface area contributed by atoms with Gasteiger partial charge in [0.05, 0.1) is 0 Å². The molecular formula is C15H25B. The van der Waals surface area contributed by atoms with Gasteiger partial charge in [-0.3, -0.25) is 0 Å². The Balaban J connectivity index is 1.70. The van der Waals surface area contributed by atoms with E-state index in [9.17, 15) is 0 Å². The van der Waals surface area contributed by atoms with Crippen molar-refractivity contribution in [2.75, 3.05) is 0 Å². The van der Waals surface area contributed by atoms with Gasteiger partial charge in [0.1, 0.15) is 6.71 Å². The lowest BCUT2D eigenvalue weighted by atomic mass is 9.33. The topological polar surface area (TPSA) is 0 Å². The lowest BCUT2D eigenvalue weighted by Gasteiger charge is -2.27. The lowest BCUT2D eigenvalue weighted by molar-refractivity contribution is 0.493. The molecule has 5 atom stereocenters. The summed E-state index contributed by atoms with van der Waals surface area (Å²) in [5, 5.41) is 0. The normalized spacial score (nSPS) is 47.4. The first-order valence-corrected chi connectivity index (χ1v) is 7.40. The fraction of sp³-hybridized carbons (Fsp3) is 0.867. The van der Waals surface area contributed by atoms with E-state index < -0.39 is 0 Å². The molecule has 1 saturated carbocycles. The van der Waals surface area contributed by atoms with E-state index in [0.717, 1.165) is 36.2 Å². The number of allylic oxidation sites excluding steroid dienone is 2. The van der Waals surface area contributed by atoms with Gasteiger partial charge in [-0.2, -0.15) is 0 Å². The van der Waals surface area contributed by atoms with Crippen LogP contribution in [0.25, 0.3) is 0 Å². The van der Waals surface area contributed by atoms with Gasteiger partial charge >= 0.3 is 0 Å². The summed E-state index contributed by atoms with van der Waals surface area (Å²) in [6, 6.07) is 0. The number of hydrogen-bond donors (Lipinski definition) is 0. The Bertz CT molecular complexity index is 271. The predicted octanol–water partition coefficient (Wildman–Crippen LogP) is 4.51. The summed E-state index contributed by atoms with van der Waals surface area (Å²) < 4.78 is 0. The smallest absolute Gasteiger partial charge is 0.0855 e. The second kappa shape index (κ2) is 4.24. The standard InChI is InChI=1S/C15H25B/c1-11-3-4-12(2)10-16(9-11)15-8-13-5-6-14(15)7-13/h5-6,11-15H,3-4,7-10H2,1-2H3/t11?,12?,13?,14?,15-/m1/s1. The largest absolute Gasteiger partial charge is 0.144 e. The van der Waals surface area contributed by atoms with Crippen LogP contribution < -0.4 is 0 Å². The maximum absolute atomic E-state index is 2.54. The summed E-state index contributed by atoms with van der Waals surface area (Å²) in [4.78, 5) is 0. The van der Waals surface area contributed by atoms with E-state index in [-0.39, 0.29) is 0 Å². The molecule has 0 spiro atoms. The second-order valence-electron chi connectivity index (χ2n) is 6.96. The molecule has 0 amide bonds. The highest BCUT2D eigenvalue weighted by atomic mass is 14.4. The average Bonchev–Trinajstić information content (AvgIpc) is 2.83. The molecule has 0 aromatic rings. The van der Waals surface area contributed by atoms with Crippen LogP contribution in [0.4, 0.5) is 0 Å². The second-order valence-corrected chi connectivity index (χ2v) is 6.96. The van der Waals surface area contributed by atoms with Crippen LogP contribution in [-0.4, -0.2) is 6.71 Å². The van der Waals surface area contributed by atoms with E-state index in [2.05, 4.69) is 26.0 Å². The Labute approximate surface area is 101 Å². The Morgan fingerprint density at radius 2 is 1.62 bits per heavy atom. The van der Waals surface area contributed by atoms with E-state index in [1.165, 1.54) is 38.3 Å². The summed E-state index contributed by atoms with van der Waals surface area (Å²) in [6.07, 6.45) is 14.0. The van der Waals surface area contributed by atoms with Gasteiger partial charge in [-0.05, 0) is 18.3 Å². The third-order valence-electron chi connectivity index (χ3n) is 5.50. The molecule has 0 aromatic carbocycles. The lowest BCUT2D eigenvalue weighted by Crippen LogP contribution is -2.26. The van der Waals surface area contributed by atoms with Crippen molar-refractivity contribution in [3.8, 4) is 0 Å². The Hall–Kier alpha value is -0.195. The van der Waals surface area contributed by atoms with Gasteiger partial charge < -0.3 is 0 Å². The van der Waals surface area contributed by atoms with Gasteiger partial charge in [0.15, 0.2) is 0 Å². The zero-order valence-corrected chi connectivity index (χ0v) is 10.9. The van der Waals surface area contributed by atoms with Crippen LogP contribution in [0.1, 0.15) is 39.5 Å². The molecule has 3 aliphatic rings. The van der Waals surface area contributed by atoms with Crippen molar-refractivity contribution < 1.29 is 0 Å². The van der Waals surface area contributed by atoms with Crippen LogP contribution >= 0.6 is 0 Å². The molecule has 1 aliphatic heterocycles. The first kappa shape index (κ1) is 10.9. The van der Waals surface area contributed by atoms with Crippen molar-refractivity contribution in [3.05, 3.63) is 12.2 Å². The molecule has 1 heteroatoms. The minimum Gasteiger partial charge on any atom is -0.0855 e. The van der Waals surface area contributed by atoms with Crippen LogP contribution in [0.3, 0.4) is 0 Å². The van der Waals surface area contributed by atoms with Crippen LogP contribution in [-0.2, 0) is 0 Å². The van der Waals surface area contributed by atoms with E-state index in [4.69, 9.17) is 0 Å². The Kier molecular flexibility index (Phi) is 2.89. The molecule has 2 aliphatic carbocycles. The molecule has 2 fully saturated rings. The third-order valence-corrected chi connectivity index (χ3v) is 5.50. The highest BCUT2D eigenvalue weighted by Gasteiger charge is 2.42. The zero-order valence-electron chi connectivity index (χ0n) is 10.9. The summed E-state index contributed by atoms with van der Waals surface area (Å²) in [6.45, 7) is 6.01. The monoisotopic (exact) mass is 216 g/mol. The summed E-state index contributed by atoms with van der Waals surface area (Å²) in [5.74, 6) is 4.95. The van der Waals surface area contributed by atoms with Gasteiger partial charge in [0, 0.05) is 0 Å². The highest BCUT2D eigenvalue weighted by Crippen LogP contribution is 2.51. The van der Waals surface area contributed by atoms with E-state index in [0.29, 0.717) is 0 Å². The van der Waals surface area contributed by atoms with Crippen molar-refractivity contribution in [2.45, 2.75) is 58.0 Å². The number of fused-ring (bicyclic) bond motifs is 2. The van der Waals surface area contributed by atoms with Crippen molar-refractivity contribution in [3.63, 3.8) is 0 Å². The molecular weight excluding hydrogens is 191 g/mol. The van der Waals surface area contributed by atoms with E-state index in [1.54, 1.807) is 0 Å². The molecule has 1 saturated heterocycles. The molecule has 0 radical (unpaired) electrons. The quantitative estimate of drug-likeness (QED) is 0.446. The number of rotatable bonds is 1. The fourth-order valence-corrected chi connectivity index (χ4v) is 4.65. The van der Waals surface area contributed by atoms with E-state index >= 15 is 0 Å². The maximum Gasteiger partial charge on any atom is 0.144 e. The minimum absolute atomic E-state index is 0.962. The van der Waals surface area contributed by atoms with Gasteiger partial charge in [-0.25, -0.2) is 0 Å². The van der Waals surface area contributed by atoms with Crippen LogP contribution in [0.15, 0.2) is 12.2 Å². The molecule has 0 N–H and O–H groups in total. The molecule has 2 bridgehead atoms. The summed E-state index contributed by atoms with van der Waals surface area (Å²) >= 11 is 0. The van der Waals surface area contributed by atoms with E-state index in [1.807, 2.05) is 0 Å². The van der Waals surface area contributed by atoms with Crippen molar-refractivity contribution in [1.82, 2.24) is 0 Å². The Morgan fingerprint density at radius 3 is 2.12 bits per heavy atom. The fourth-order valence-electron chi connectivity index (χ4n) is 4.65. The molecule has 16 heavy (non-hydrogen) atoms. The highest BCUT2D eigenvalue weighted by molar-refractivity contribution is 6.60. The van der Waals surface area contributed by atoms with Crippen LogP contribution in [0, 0.1) is 23.7 Å². The summed E-state index contributed by atoms with van der Waals surface area (Å²) in [5.41, 5.74) is 0. The first-order chi connectivity index (χ1) is 7.72. The SMILES string of the molecule is CC1CCC(C)CB([C@@H]2CC3C=CC2C3)C1. The molecule has 88 valence electrons. The Morgan fingerprint density at radius 1 is 0.938 bits per heavy atom. The molecule has 1 heterocycles. The van der Waals surface area contributed by atoms with Crippen molar-refractivity contribution in [1.29, 1.82) is 0 Å². The molecule has 4 unspecified atom stereocenters. The molecule has 0 aromatic heterocycles. The number of hydrogen-bond acceptors (Lipinski definition) is 0. The minimum atomic E-state index is 0.962. The van der Waals surface area contributed by atoms with Crippen molar-refractivity contribution in [2.24, 2.45) is 23.7 Å². The van der Waals surface area contributed by atoms with Crippen LogP contribution in [0.5, 0.6) is 0 Å². The first-order valence-electron chi connectivity index (χ1n) is 7.40. The average molecular weight is 216 g/mol. The van der Waals surface area contributed by atoms with Crippen LogP contribution in [0.2, 0.25) is 18.5 Å². The third kappa shape index (κ3) is 1.98. The predicted molar refractivity (Wildman–Crippen MR) is 72.0 cm³/mol. The maximum atomic E-state index is 2.54.